The van der Waals surface area contributed by atoms with Crippen molar-refractivity contribution in [3.05, 3.63) is 78.5 Å². The maximum atomic E-state index is 13.0. The lowest BCUT2D eigenvalue weighted by Gasteiger charge is -2.13. The summed E-state index contributed by atoms with van der Waals surface area (Å²) in [6.07, 6.45) is 2.56. The highest BCUT2D eigenvalue weighted by atomic mass is 32.2. The second-order valence-electron chi connectivity index (χ2n) is 8.25. The number of benzene rings is 2. The smallest absolute Gasteiger partial charge is 0.305 e. The van der Waals surface area contributed by atoms with E-state index < -0.39 is 38.5 Å². The second-order valence-corrected chi connectivity index (χ2v) is 11.5. The van der Waals surface area contributed by atoms with Crippen molar-refractivity contribution >= 4 is 31.8 Å². The Bertz CT molecular complexity index is 1550. The van der Waals surface area contributed by atoms with Crippen LogP contribution >= 0.6 is 0 Å². The number of nitrogens with two attached hydrogens (primary N) is 1. The summed E-state index contributed by atoms with van der Waals surface area (Å²) in [6, 6.07) is 15.6. The molecule has 206 valence electrons. The Morgan fingerprint density at radius 3 is 2.51 bits per heavy atom. The van der Waals surface area contributed by atoms with Crippen molar-refractivity contribution in [2.24, 2.45) is 5.14 Å². The molecule has 0 unspecified atom stereocenters. The number of nitrogens with one attached hydrogen (secondary N) is 2. The van der Waals surface area contributed by atoms with Crippen molar-refractivity contribution in [2.75, 3.05) is 18.5 Å². The summed E-state index contributed by atoms with van der Waals surface area (Å²) in [4.78, 5) is 15.1. The van der Waals surface area contributed by atoms with Gasteiger partial charge in [0.1, 0.15) is 11.6 Å². The molecule has 2 aromatic carbocycles. The van der Waals surface area contributed by atoms with E-state index in [1.807, 2.05) is 18.2 Å². The van der Waals surface area contributed by atoms with Gasteiger partial charge in [0.05, 0.1) is 28.9 Å². The van der Waals surface area contributed by atoms with Crippen molar-refractivity contribution < 1.29 is 31.5 Å². The van der Waals surface area contributed by atoms with Crippen molar-refractivity contribution in [1.82, 2.24) is 9.71 Å². The van der Waals surface area contributed by atoms with Gasteiger partial charge in [-0.05, 0) is 49.2 Å². The van der Waals surface area contributed by atoms with Crippen LogP contribution in [0.5, 0.6) is 5.75 Å². The van der Waals surface area contributed by atoms with E-state index in [0.717, 1.165) is 12.2 Å². The molecule has 0 bridgehead atoms. The molecule has 1 aromatic heterocycles. The van der Waals surface area contributed by atoms with Crippen LogP contribution in [0.2, 0.25) is 0 Å². The van der Waals surface area contributed by atoms with Crippen molar-refractivity contribution in [3.63, 3.8) is 0 Å². The molecule has 3 rings (SSSR count). The third-order valence-electron chi connectivity index (χ3n) is 5.18. The van der Waals surface area contributed by atoms with Crippen LogP contribution in [0.1, 0.15) is 24.8 Å². The maximum absolute atomic E-state index is 13.0. The summed E-state index contributed by atoms with van der Waals surface area (Å²) < 4.78 is 57.6. The van der Waals surface area contributed by atoms with Crippen molar-refractivity contribution in [2.45, 2.75) is 35.1 Å². The Balaban J connectivity index is 1.64. The minimum atomic E-state index is -4.20. The minimum Gasteiger partial charge on any atom is -0.494 e. The number of anilines is 1. The first-order valence-corrected chi connectivity index (χ1v) is 14.8. The van der Waals surface area contributed by atoms with Gasteiger partial charge in [0.15, 0.2) is 0 Å². The number of aromatic nitrogens is 1. The predicted octanol–water partition coefficient (Wildman–Crippen LogP) is 2.17. The summed E-state index contributed by atoms with van der Waals surface area (Å²) in [5.41, 5.74) is 0.0141. The van der Waals surface area contributed by atoms with E-state index in [1.165, 1.54) is 42.5 Å². The molecular weight excluding hydrogens is 544 g/mol. The SMILES string of the molecule is NS(=O)(=O)c1ccccc1C#C[C@@H](CC(=O)O)NS(=O)(=O)c1cccc(OCCCCNc2ccccn2)c1. The first-order valence-electron chi connectivity index (χ1n) is 11.8. The van der Waals surface area contributed by atoms with Gasteiger partial charge in [-0.25, -0.2) is 27.0 Å². The Kier molecular flexibility index (Phi) is 10.4. The number of hydrogen-bond donors (Lipinski definition) is 4. The Morgan fingerprint density at radius 1 is 1.03 bits per heavy atom. The lowest BCUT2D eigenvalue weighted by molar-refractivity contribution is -0.137. The van der Waals surface area contributed by atoms with Gasteiger partial charge in [-0.2, -0.15) is 4.72 Å². The van der Waals surface area contributed by atoms with Crippen LogP contribution < -0.4 is 19.9 Å². The normalized spacial score (nSPS) is 12.1. The number of carboxylic acids is 1. The Hall–Kier alpha value is -3.96. The molecule has 11 nitrogen and oxygen atoms in total. The number of aliphatic carboxylic acids is 1. The summed E-state index contributed by atoms with van der Waals surface area (Å²) in [5.74, 6) is 4.85. The summed E-state index contributed by atoms with van der Waals surface area (Å²) in [5, 5.41) is 17.6. The molecule has 3 aromatic rings. The topological polar surface area (TPSA) is 178 Å². The van der Waals surface area contributed by atoms with Crippen LogP contribution in [0.15, 0.2) is 82.7 Å². The molecule has 0 aliphatic rings. The highest BCUT2D eigenvalue weighted by Gasteiger charge is 2.22. The van der Waals surface area contributed by atoms with Crippen LogP contribution in [0.4, 0.5) is 5.82 Å². The number of unbranched alkanes of at least 4 members (excludes halogenated alkanes) is 1. The van der Waals surface area contributed by atoms with E-state index in [9.17, 15) is 26.7 Å². The number of carboxylic acid groups (broad SMARTS) is 1. The molecule has 1 heterocycles. The van der Waals surface area contributed by atoms with Gasteiger partial charge >= 0.3 is 5.97 Å². The van der Waals surface area contributed by atoms with Crippen molar-refractivity contribution in [1.29, 1.82) is 0 Å². The van der Waals surface area contributed by atoms with E-state index in [1.54, 1.807) is 12.3 Å². The van der Waals surface area contributed by atoms with Crippen LogP contribution in [-0.2, 0) is 24.8 Å². The standard InChI is InChI=1S/C26H28N4O7S2/c27-38(33,34)24-11-2-1-8-20(24)13-14-21(18-26(31)32)30-39(35,36)23-10-7-9-22(19-23)37-17-6-5-16-29-25-12-3-4-15-28-25/h1-4,7-12,15,19,21,30H,5-6,16-18H2,(H,28,29)(H,31,32)(H2,27,33,34)/t21-/m0/s1. The maximum Gasteiger partial charge on any atom is 0.305 e. The third kappa shape index (κ3) is 9.69. The van der Waals surface area contributed by atoms with Crippen molar-refractivity contribution in [3.8, 4) is 17.6 Å². The van der Waals surface area contributed by atoms with Gasteiger partial charge in [0.2, 0.25) is 20.0 Å². The molecule has 1 atom stereocenters. The van der Waals surface area contributed by atoms with Gasteiger partial charge < -0.3 is 15.2 Å². The molecule has 0 aliphatic carbocycles. The quantitative estimate of drug-likeness (QED) is 0.176. The third-order valence-corrected chi connectivity index (χ3v) is 7.62. The fourth-order valence-electron chi connectivity index (χ4n) is 3.37. The number of hydrogen-bond acceptors (Lipinski definition) is 8. The Morgan fingerprint density at radius 2 is 1.79 bits per heavy atom. The number of sulfonamides is 2. The highest BCUT2D eigenvalue weighted by molar-refractivity contribution is 7.89. The van der Waals surface area contributed by atoms with Gasteiger partial charge in [-0.15, -0.1) is 0 Å². The molecule has 13 heteroatoms. The average molecular weight is 573 g/mol. The number of primary sulfonamides is 1. The van der Waals surface area contributed by atoms with Crippen LogP contribution in [-0.4, -0.2) is 52.1 Å². The number of nitrogens with zero attached hydrogens (tertiary/aromatic N) is 1. The molecule has 0 fully saturated rings. The zero-order valence-electron chi connectivity index (χ0n) is 20.8. The van der Waals surface area contributed by atoms with Gasteiger partial charge in [-0.1, -0.05) is 36.1 Å². The van der Waals surface area contributed by atoms with E-state index in [2.05, 4.69) is 26.9 Å². The fraction of sp³-hybridized carbons (Fsp3) is 0.231. The van der Waals surface area contributed by atoms with Crippen LogP contribution in [0.3, 0.4) is 0 Å². The van der Waals surface area contributed by atoms with Gasteiger partial charge in [0.25, 0.3) is 0 Å². The first kappa shape index (κ1) is 29.6. The molecule has 0 aliphatic heterocycles. The molecule has 0 amide bonds. The molecule has 0 spiro atoms. The number of ether oxygens (including phenoxy) is 1. The largest absolute Gasteiger partial charge is 0.494 e. The average Bonchev–Trinajstić information content (AvgIpc) is 2.89. The lowest BCUT2D eigenvalue weighted by atomic mass is 10.2. The molecule has 39 heavy (non-hydrogen) atoms. The second kappa shape index (κ2) is 13.7. The zero-order valence-corrected chi connectivity index (χ0v) is 22.4. The van der Waals surface area contributed by atoms with Gasteiger partial charge in [-0.3, -0.25) is 4.79 Å². The summed E-state index contributed by atoms with van der Waals surface area (Å²) in [6.45, 7) is 1.06. The van der Waals surface area contributed by atoms with E-state index in [4.69, 9.17) is 9.88 Å². The number of rotatable bonds is 13. The minimum absolute atomic E-state index is 0.0141. The van der Waals surface area contributed by atoms with E-state index in [0.29, 0.717) is 25.3 Å². The molecule has 0 saturated heterocycles. The van der Waals surface area contributed by atoms with Gasteiger partial charge in [0, 0.05) is 24.4 Å². The molecular formula is C26H28N4O7S2. The monoisotopic (exact) mass is 572 g/mol. The lowest BCUT2D eigenvalue weighted by Crippen LogP contribution is -2.35. The number of pyridine rings is 1. The van der Waals surface area contributed by atoms with E-state index in [-0.39, 0.29) is 15.4 Å². The fourth-order valence-corrected chi connectivity index (χ4v) is 5.24. The molecule has 0 saturated carbocycles. The highest BCUT2D eigenvalue weighted by Crippen LogP contribution is 2.19. The molecule has 5 N–H and O–H groups in total. The van der Waals surface area contributed by atoms with Crippen LogP contribution in [0, 0.1) is 11.8 Å². The Labute approximate surface area is 227 Å². The zero-order chi connectivity index (χ0) is 28.3. The van der Waals surface area contributed by atoms with Crippen LogP contribution in [0.25, 0.3) is 0 Å². The summed E-state index contributed by atoms with van der Waals surface area (Å²) >= 11 is 0. The first-order chi connectivity index (χ1) is 18.5. The van der Waals surface area contributed by atoms with E-state index >= 15 is 0 Å². The number of carbonyl (C=O) groups is 1. The summed E-state index contributed by atoms with van der Waals surface area (Å²) in [7, 11) is -8.29. The predicted molar refractivity (Wildman–Crippen MR) is 145 cm³/mol. The molecule has 0 radical (unpaired) electrons.